The Morgan fingerprint density at radius 3 is 1.54 bits per heavy atom. The lowest BCUT2D eigenvalue weighted by Gasteiger charge is -2.29. The topological polar surface area (TPSA) is 97.5 Å². The molecule has 0 spiro atoms. The van der Waals surface area contributed by atoms with Gasteiger partial charge in [-0.2, -0.15) is 0 Å². The third-order valence-electron chi connectivity index (χ3n) is 5.13. The summed E-state index contributed by atoms with van der Waals surface area (Å²) >= 11 is 0. The SMILES string of the molecule is [N-]=[N+]=Nc1ccc(CC2CCCC(Cc3ccc(N=[N+]=[N-])cc3)C2)cc1. The summed E-state index contributed by atoms with van der Waals surface area (Å²) in [6, 6.07) is 15.8. The normalized spacial score (nSPS) is 19.2. The number of hydrogen-bond acceptors (Lipinski definition) is 2. The van der Waals surface area contributed by atoms with Crippen LogP contribution in [0.4, 0.5) is 11.4 Å². The zero-order valence-electron chi connectivity index (χ0n) is 14.7. The van der Waals surface area contributed by atoms with E-state index < -0.39 is 0 Å². The van der Waals surface area contributed by atoms with Crippen LogP contribution in [0.5, 0.6) is 0 Å². The van der Waals surface area contributed by atoms with Crippen molar-refractivity contribution < 1.29 is 0 Å². The average Bonchev–Trinajstić information content (AvgIpc) is 2.66. The zero-order chi connectivity index (χ0) is 18.2. The maximum Gasteiger partial charge on any atom is 0.0375 e. The van der Waals surface area contributed by atoms with Gasteiger partial charge in [-0.05, 0) is 53.3 Å². The van der Waals surface area contributed by atoms with Gasteiger partial charge < -0.3 is 0 Å². The van der Waals surface area contributed by atoms with Crippen LogP contribution in [0.15, 0.2) is 58.8 Å². The van der Waals surface area contributed by atoms with Crippen LogP contribution in [0.2, 0.25) is 0 Å². The van der Waals surface area contributed by atoms with Gasteiger partial charge in [-0.15, -0.1) is 0 Å². The molecule has 2 aromatic carbocycles. The van der Waals surface area contributed by atoms with E-state index in [1.165, 1.54) is 36.8 Å². The summed E-state index contributed by atoms with van der Waals surface area (Å²) in [6.45, 7) is 0. The number of azide groups is 2. The Bertz CT molecular complexity index is 745. The van der Waals surface area contributed by atoms with Gasteiger partial charge in [0.1, 0.15) is 0 Å². The Labute approximate surface area is 153 Å². The molecule has 0 aromatic heterocycles. The second kappa shape index (κ2) is 8.95. The Morgan fingerprint density at radius 2 is 1.15 bits per heavy atom. The summed E-state index contributed by atoms with van der Waals surface area (Å²) in [5, 5.41) is 7.25. The molecule has 0 aliphatic heterocycles. The molecule has 1 aliphatic rings. The van der Waals surface area contributed by atoms with Crippen LogP contribution in [0.3, 0.4) is 0 Å². The van der Waals surface area contributed by atoms with E-state index in [2.05, 4.69) is 44.3 Å². The van der Waals surface area contributed by atoms with Gasteiger partial charge in [0.15, 0.2) is 0 Å². The highest BCUT2D eigenvalue weighted by molar-refractivity contribution is 5.39. The van der Waals surface area contributed by atoms with Gasteiger partial charge in [-0.25, -0.2) is 0 Å². The molecule has 0 bridgehead atoms. The first-order chi connectivity index (χ1) is 12.8. The van der Waals surface area contributed by atoms with Gasteiger partial charge >= 0.3 is 0 Å². The van der Waals surface area contributed by atoms with E-state index in [1.54, 1.807) is 0 Å². The molecule has 26 heavy (non-hydrogen) atoms. The van der Waals surface area contributed by atoms with Crippen molar-refractivity contribution in [3.05, 3.63) is 80.5 Å². The van der Waals surface area contributed by atoms with E-state index in [1.807, 2.05) is 24.3 Å². The Kier molecular flexibility index (Phi) is 6.15. The zero-order valence-corrected chi connectivity index (χ0v) is 14.7. The highest BCUT2D eigenvalue weighted by Gasteiger charge is 2.22. The Morgan fingerprint density at radius 1 is 0.731 bits per heavy atom. The van der Waals surface area contributed by atoms with Gasteiger partial charge in [-0.3, -0.25) is 0 Å². The van der Waals surface area contributed by atoms with E-state index in [-0.39, 0.29) is 0 Å². The minimum Gasteiger partial charge on any atom is -0.0608 e. The van der Waals surface area contributed by atoms with Crippen molar-refractivity contribution >= 4 is 11.4 Å². The molecule has 6 heteroatoms. The van der Waals surface area contributed by atoms with Crippen molar-refractivity contribution in [2.24, 2.45) is 22.1 Å². The van der Waals surface area contributed by atoms with Crippen molar-refractivity contribution in [1.82, 2.24) is 0 Å². The maximum absolute atomic E-state index is 8.48. The van der Waals surface area contributed by atoms with E-state index in [4.69, 9.17) is 11.1 Å². The fraction of sp³-hybridized carbons (Fsp3) is 0.400. The quantitative estimate of drug-likeness (QED) is 0.301. The van der Waals surface area contributed by atoms with Crippen molar-refractivity contribution in [1.29, 1.82) is 0 Å². The van der Waals surface area contributed by atoms with E-state index >= 15 is 0 Å². The molecule has 2 aromatic rings. The number of benzene rings is 2. The first kappa shape index (κ1) is 17.9. The summed E-state index contributed by atoms with van der Waals surface area (Å²) < 4.78 is 0. The molecule has 0 radical (unpaired) electrons. The Balaban J connectivity index is 1.56. The predicted octanol–water partition coefficient (Wildman–Crippen LogP) is 7.16. The molecule has 0 N–H and O–H groups in total. The van der Waals surface area contributed by atoms with E-state index in [0.29, 0.717) is 23.2 Å². The average molecular weight is 346 g/mol. The molecule has 0 amide bonds. The molecule has 1 fully saturated rings. The van der Waals surface area contributed by atoms with E-state index in [9.17, 15) is 0 Å². The monoisotopic (exact) mass is 346 g/mol. The lowest BCUT2D eigenvalue weighted by Crippen LogP contribution is -2.19. The van der Waals surface area contributed by atoms with Crippen LogP contribution in [0.25, 0.3) is 20.9 Å². The lowest BCUT2D eigenvalue weighted by atomic mass is 9.76. The first-order valence-corrected chi connectivity index (χ1v) is 9.05. The summed E-state index contributed by atoms with van der Waals surface area (Å²) in [5.41, 5.74) is 20.9. The third-order valence-corrected chi connectivity index (χ3v) is 5.13. The van der Waals surface area contributed by atoms with Gasteiger partial charge in [0.25, 0.3) is 0 Å². The standard InChI is InChI=1S/C20H22N6/c21-25-23-19-8-4-15(5-9-19)12-17-2-1-3-18(14-17)13-16-6-10-20(11-7-16)24-26-22/h4-11,17-18H,1-3,12-14H2. The molecular weight excluding hydrogens is 324 g/mol. The molecule has 1 saturated carbocycles. The predicted molar refractivity (Wildman–Crippen MR) is 103 cm³/mol. The largest absolute Gasteiger partial charge is 0.0608 e. The van der Waals surface area contributed by atoms with Crippen molar-refractivity contribution in [2.75, 3.05) is 0 Å². The van der Waals surface area contributed by atoms with Crippen molar-refractivity contribution in [3.63, 3.8) is 0 Å². The first-order valence-electron chi connectivity index (χ1n) is 9.05. The van der Waals surface area contributed by atoms with Gasteiger partial charge in [0, 0.05) is 21.2 Å². The maximum atomic E-state index is 8.48. The molecule has 1 aliphatic carbocycles. The number of nitrogens with zero attached hydrogens (tertiary/aromatic N) is 6. The molecule has 132 valence electrons. The number of rotatable bonds is 6. The van der Waals surface area contributed by atoms with Crippen LogP contribution in [-0.2, 0) is 12.8 Å². The third kappa shape index (κ3) is 5.03. The highest BCUT2D eigenvalue weighted by Crippen LogP contribution is 2.34. The van der Waals surface area contributed by atoms with Gasteiger partial charge in [-0.1, -0.05) is 78.0 Å². The molecule has 2 unspecified atom stereocenters. The van der Waals surface area contributed by atoms with Crippen LogP contribution in [-0.4, -0.2) is 0 Å². The number of hydrogen-bond donors (Lipinski definition) is 0. The fourth-order valence-corrected chi connectivity index (χ4v) is 3.94. The van der Waals surface area contributed by atoms with Crippen LogP contribution in [0, 0.1) is 11.8 Å². The van der Waals surface area contributed by atoms with Gasteiger partial charge in [0.2, 0.25) is 0 Å². The van der Waals surface area contributed by atoms with Crippen LogP contribution in [0.1, 0.15) is 36.8 Å². The minimum absolute atomic E-state index is 0.668. The van der Waals surface area contributed by atoms with Crippen molar-refractivity contribution in [2.45, 2.75) is 38.5 Å². The minimum atomic E-state index is 0.668. The van der Waals surface area contributed by atoms with Crippen LogP contribution >= 0.6 is 0 Å². The van der Waals surface area contributed by atoms with Crippen molar-refractivity contribution in [3.8, 4) is 0 Å². The highest BCUT2D eigenvalue weighted by atomic mass is 15.1. The molecule has 0 heterocycles. The summed E-state index contributed by atoms with van der Waals surface area (Å²) in [6.07, 6.45) is 7.26. The van der Waals surface area contributed by atoms with Crippen LogP contribution < -0.4 is 0 Å². The fourth-order valence-electron chi connectivity index (χ4n) is 3.94. The molecule has 6 nitrogen and oxygen atoms in total. The van der Waals surface area contributed by atoms with Gasteiger partial charge in [0.05, 0.1) is 0 Å². The second-order valence-corrected chi connectivity index (χ2v) is 7.02. The summed E-state index contributed by atoms with van der Waals surface area (Å²) in [5.74, 6) is 1.42. The summed E-state index contributed by atoms with van der Waals surface area (Å²) in [4.78, 5) is 5.64. The van der Waals surface area contributed by atoms with E-state index in [0.717, 1.165) is 12.8 Å². The molecular formula is C20H22N6. The Hall–Kier alpha value is -2.94. The second-order valence-electron chi connectivity index (χ2n) is 7.02. The molecule has 0 saturated heterocycles. The lowest BCUT2D eigenvalue weighted by molar-refractivity contribution is 0.264. The molecule has 3 rings (SSSR count). The molecule has 2 atom stereocenters. The smallest absolute Gasteiger partial charge is 0.0375 e. The summed E-state index contributed by atoms with van der Waals surface area (Å²) in [7, 11) is 0.